The molecule has 2 N–H and O–H groups in total. The number of nitrogens with zero attached hydrogens (tertiary/aromatic N) is 2. The van der Waals surface area contributed by atoms with Crippen molar-refractivity contribution in [2.75, 3.05) is 6.54 Å². The quantitative estimate of drug-likeness (QED) is 0.780. The van der Waals surface area contributed by atoms with Gasteiger partial charge in [0, 0.05) is 6.54 Å². The van der Waals surface area contributed by atoms with Crippen LogP contribution in [0.4, 0.5) is 0 Å². The molecule has 0 unspecified atom stereocenters. The summed E-state index contributed by atoms with van der Waals surface area (Å²) in [7, 11) is 0. The Morgan fingerprint density at radius 3 is 2.58 bits per heavy atom. The van der Waals surface area contributed by atoms with E-state index in [2.05, 4.69) is 5.10 Å². The van der Waals surface area contributed by atoms with Crippen LogP contribution in [-0.4, -0.2) is 16.3 Å². The molecule has 0 saturated heterocycles. The van der Waals surface area contributed by atoms with E-state index in [1.165, 1.54) is 0 Å². The highest BCUT2D eigenvalue weighted by atomic mass is 35.5. The van der Waals surface area contributed by atoms with Gasteiger partial charge in [0.1, 0.15) is 0 Å². The number of hydrogen-bond acceptors (Lipinski definition) is 2. The molecule has 0 bridgehead atoms. The Morgan fingerprint density at radius 2 is 2.17 bits per heavy atom. The van der Waals surface area contributed by atoms with Gasteiger partial charge in [0.2, 0.25) is 0 Å². The summed E-state index contributed by atoms with van der Waals surface area (Å²) in [5.74, 6) is 0. The van der Waals surface area contributed by atoms with Gasteiger partial charge < -0.3 is 5.73 Å². The summed E-state index contributed by atoms with van der Waals surface area (Å²) < 4.78 is 1.91. The van der Waals surface area contributed by atoms with Gasteiger partial charge >= 0.3 is 0 Å². The van der Waals surface area contributed by atoms with Crippen LogP contribution in [0.25, 0.3) is 0 Å². The minimum Gasteiger partial charge on any atom is -0.330 e. The van der Waals surface area contributed by atoms with Crippen molar-refractivity contribution in [2.45, 2.75) is 26.8 Å². The van der Waals surface area contributed by atoms with Crippen LogP contribution in [0.15, 0.2) is 0 Å². The van der Waals surface area contributed by atoms with Crippen molar-refractivity contribution in [3.8, 4) is 0 Å². The lowest BCUT2D eigenvalue weighted by molar-refractivity contribution is 0.568. The molecule has 0 spiro atoms. The van der Waals surface area contributed by atoms with Crippen molar-refractivity contribution in [3.63, 3.8) is 0 Å². The topological polar surface area (TPSA) is 43.8 Å². The predicted octanol–water partition coefficient (Wildman–Crippen LogP) is 1.50. The fourth-order valence-corrected chi connectivity index (χ4v) is 1.27. The number of aryl methyl sites for hydroxylation is 2. The molecule has 0 amide bonds. The van der Waals surface area contributed by atoms with Gasteiger partial charge in [0.25, 0.3) is 0 Å². The largest absolute Gasteiger partial charge is 0.330 e. The third kappa shape index (κ3) is 1.79. The molecule has 0 radical (unpaired) electrons. The Morgan fingerprint density at radius 1 is 1.50 bits per heavy atom. The maximum Gasteiger partial charge on any atom is 0.0844 e. The first-order valence-electron chi connectivity index (χ1n) is 4.06. The SMILES string of the molecule is Cc1nn(CCCN)c(C)c1Cl. The first-order valence-corrected chi connectivity index (χ1v) is 4.44. The second-order valence-electron chi connectivity index (χ2n) is 2.85. The molecule has 0 aliphatic rings. The molecule has 0 saturated carbocycles. The van der Waals surface area contributed by atoms with Gasteiger partial charge in [-0.25, -0.2) is 0 Å². The lowest BCUT2D eigenvalue weighted by Gasteiger charge is -2.01. The van der Waals surface area contributed by atoms with Gasteiger partial charge in [0.15, 0.2) is 0 Å². The Labute approximate surface area is 77.5 Å². The van der Waals surface area contributed by atoms with Crippen LogP contribution in [0, 0.1) is 13.8 Å². The van der Waals surface area contributed by atoms with E-state index in [4.69, 9.17) is 17.3 Å². The molecule has 12 heavy (non-hydrogen) atoms. The van der Waals surface area contributed by atoms with E-state index in [0.717, 1.165) is 29.4 Å². The van der Waals surface area contributed by atoms with Crippen LogP contribution in [0.5, 0.6) is 0 Å². The first-order chi connectivity index (χ1) is 5.66. The van der Waals surface area contributed by atoms with Crippen molar-refractivity contribution in [3.05, 3.63) is 16.4 Å². The Hall–Kier alpha value is -0.540. The molecule has 0 aliphatic carbocycles. The Bertz CT molecular complexity index is 268. The summed E-state index contributed by atoms with van der Waals surface area (Å²) in [6.45, 7) is 5.43. The van der Waals surface area contributed by atoms with Crippen LogP contribution in [-0.2, 0) is 6.54 Å². The fourth-order valence-electron chi connectivity index (χ4n) is 1.13. The first kappa shape index (κ1) is 9.55. The minimum atomic E-state index is 0.690. The molecule has 0 aliphatic heterocycles. The lowest BCUT2D eigenvalue weighted by atomic mass is 10.4. The smallest absolute Gasteiger partial charge is 0.0844 e. The standard InChI is InChI=1S/C8H14ClN3/c1-6-8(9)7(2)12(11-6)5-3-4-10/h3-5,10H2,1-2H3. The second-order valence-corrected chi connectivity index (χ2v) is 3.23. The van der Waals surface area contributed by atoms with E-state index in [1.54, 1.807) is 0 Å². The van der Waals surface area contributed by atoms with E-state index in [-0.39, 0.29) is 0 Å². The van der Waals surface area contributed by atoms with Crippen molar-refractivity contribution < 1.29 is 0 Å². The van der Waals surface area contributed by atoms with Crippen molar-refractivity contribution in [1.82, 2.24) is 9.78 Å². The van der Waals surface area contributed by atoms with Crippen LogP contribution >= 0.6 is 11.6 Å². The average Bonchev–Trinajstić information content (AvgIpc) is 2.30. The fraction of sp³-hybridized carbons (Fsp3) is 0.625. The summed E-state index contributed by atoms with van der Waals surface area (Å²) in [6, 6.07) is 0. The van der Waals surface area contributed by atoms with Gasteiger partial charge in [-0.15, -0.1) is 0 Å². The van der Waals surface area contributed by atoms with E-state index in [9.17, 15) is 0 Å². The highest BCUT2D eigenvalue weighted by Crippen LogP contribution is 2.18. The highest BCUT2D eigenvalue weighted by molar-refractivity contribution is 6.31. The molecule has 68 valence electrons. The molecule has 3 nitrogen and oxygen atoms in total. The van der Waals surface area contributed by atoms with Gasteiger partial charge in [-0.3, -0.25) is 4.68 Å². The molecule has 0 fully saturated rings. The molecule has 1 aromatic rings. The van der Waals surface area contributed by atoms with Crippen molar-refractivity contribution >= 4 is 11.6 Å². The summed E-state index contributed by atoms with van der Waals surface area (Å²) in [6.07, 6.45) is 0.943. The maximum absolute atomic E-state index is 5.96. The third-order valence-electron chi connectivity index (χ3n) is 1.87. The molecule has 4 heteroatoms. The molecule has 1 rings (SSSR count). The van der Waals surface area contributed by atoms with Crippen LogP contribution in [0.2, 0.25) is 5.02 Å². The van der Waals surface area contributed by atoms with E-state index in [0.29, 0.717) is 6.54 Å². The van der Waals surface area contributed by atoms with Crippen LogP contribution in [0.3, 0.4) is 0 Å². The molecular weight excluding hydrogens is 174 g/mol. The van der Waals surface area contributed by atoms with E-state index in [1.807, 2.05) is 18.5 Å². The van der Waals surface area contributed by atoms with Gasteiger partial charge in [-0.1, -0.05) is 11.6 Å². The minimum absolute atomic E-state index is 0.690. The molecular formula is C8H14ClN3. The Kier molecular flexibility index (Phi) is 3.12. The van der Waals surface area contributed by atoms with E-state index < -0.39 is 0 Å². The number of rotatable bonds is 3. The lowest BCUT2D eigenvalue weighted by Crippen LogP contribution is -2.08. The normalized spacial score (nSPS) is 10.7. The van der Waals surface area contributed by atoms with Gasteiger partial charge in [-0.2, -0.15) is 5.10 Å². The molecule has 0 aromatic carbocycles. The third-order valence-corrected chi connectivity index (χ3v) is 2.41. The molecule has 1 heterocycles. The predicted molar refractivity (Wildman–Crippen MR) is 50.4 cm³/mol. The van der Waals surface area contributed by atoms with E-state index >= 15 is 0 Å². The summed E-state index contributed by atoms with van der Waals surface area (Å²) in [5.41, 5.74) is 7.32. The van der Waals surface area contributed by atoms with Crippen molar-refractivity contribution in [1.29, 1.82) is 0 Å². The monoisotopic (exact) mass is 187 g/mol. The zero-order valence-corrected chi connectivity index (χ0v) is 8.23. The number of hydrogen-bond donors (Lipinski definition) is 1. The highest BCUT2D eigenvalue weighted by Gasteiger charge is 2.07. The summed E-state index contributed by atoms with van der Waals surface area (Å²) in [4.78, 5) is 0. The molecule has 0 atom stereocenters. The zero-order valence-electron chi connectivity index (χ0n) is 7.47. The average molecular weight is 188 g/mol. The molecule has 1 aromatic heterocycles. The van der Waals surface area contributed by atoms with Gasteiger partial charge in [0.05, 0.1) is 16.4 Å². The van der Waals surface area contributed by atoms with Crippen molar-refractivity contribution in [2.24, 2.45) is 5.73 Å². The van der Waals surface area contributed by atoms with Gasteiger partial charge in [-0.05, 0) is 26.8 Å². The second kappa shape index (κ2) is 3.92. The number of aromatic nitrogens is 2. The van der Waals surface area contributed by atoms with Crippen LogP contribution in [0.1, 0.15) is 17.8 Å². The summed E-state index contributed by atoms with van der Waals surface area (Å²) in [5, 5.41) is 5.05. The number of nitrogens with two attached hydrogens (primary N) is 1. The number of halogens is 1. The van der Waals surface area contributed by atoms with Crippen LogP contribution < -0.4 is 5.73 Å². The maximum atomic E-state index is 5.96. The summed E-state index contributed by atoms with van der Waals surface area (Å²) >= 11 is 5.96. The Balaban J connectivity index is 2.79. The zero-order chi connectivity index (χ0) is 9.14.